The summed E-state index contributed by atoms with van der Waals surface area (Å²) in [5.74, 6) is -0.198. The van der Waals surface area contributed by atoms with E-state index in [1.54, 1.807) is 12.1 Å². The predicted octanol–water partition coefficient (Wildman–Crippen LogP) is 2.19. The first-order valence-electron chi connectivity index (χ1n) is 7.21. The fraction of sp³-hybridized carbons (Fsp3) is 0.600. The molecular formula is C15H22FN3. The van der Waals surface area contributed by atoms with Crippen LogP contribution in [0.2, 0.25) is 0 Å². The molecule has 0 aliphatic carbocycles. The highest BCUT2D eigenvalue weighted by Crippen LogP contribution is 2.37. The summed E-state index contributed by atoms with van der Waals surface area (Å²) in [6, 6.07) is 7.20. The van der Waals surface area contributed by atoms with Crippen LogP contribution in [0.3, 0.4) is 0 Å². The summed E-state index contributed by atoms with van der Waals surface area (Å²) >= 11 is 0. The fourth-order valence-corrected chi connectivity index (χ4v) is 3.68. The largest absolute Gasteiger partial charge is 0.377 e. The zero-order valence-electron chi connectivity index (χ0n) is 11.2. The first-order chi connectivity index (χ1) is 9.23. The van der Waals surface area contributed by atoms with Gasteiger partial charge < -0.3 is 11.1 Å². The molecule has 0 bridgehead atoms. The number of hydrogen-bond donors (Lipinski definition) is 2. The van der Waals surface area contributed by atoms with E-state index in [2.05, 4.69) is 10.2 Å². The number of anilines is 1. The normalized spacial score (nSPS) is 31.2. The summed E-state index contributed by atoms with van der Waals surface area (Å²) < 4.78 is 13.3. The lowest BCUT2D eigenvalue weighted by molar-refractivity contribution is 0.167. The zero-order chi connectivity index (χ0) is 13.3. The van der Waals surface area contributed by atoms with E-state index < -0.39 is 0 Å². The molecule has 2 fully saturated rings. The van der Waals surface area contributed by atoms with E-state index in [-0.39, 0.29) is 11.4 Å². The molecule has 2 heterocycles. The maximum Gasteiger partial charge on any atom is 0.125 e. The molecule has 0 spiro atoms. The van der Waals surface area contributed by atoms with Gasteiger partial charge in [-0.2, -0.15) is 0 Å². The van der Waals surface area contributed by atoms with E-state index >= 15 is 0 Å². The summed E-state index contributed by atoms with van der Waals surface area (Å²) in [6.07, 6.45) is 4.80. The number of rotatable bonds is 3. The van der Waals surface area contributed by atoms with Crippen LogP contribution in [0.1, 0.15) is 25.7 Å². The average molecular weight is 263 g/mol. The standard InChI is InChI=1S/C15H22FN3/c16-12-4-3-5-13(10-12)18-15(11-17)7-9-19-8-2-1-6-14(15)19/h3-5,10,14,18H,1-2,6-9,11,17H2. The van der Waals surface area contributed by atoms with Crippen molar-refractivity contribution < 1.29 is 4.39 Å². The number of hydrogen-bond acceptors (Lipinski definition) is 3. The Bertz CT molecular complexity index is 451. The SMILES string of the molecule is NCC1(Nc2cccc(F)c2)CCN2CCCCC21. The third kappa shape index (κ3) is 2.35. The fourth-order valence-electron chi connectivity index (χ4n) is 3.68. The predicted molar refractivity (Wildman–Crippen MR) is 75.6 cm³/mol. The minimum absolute atomic E-state index is 0.0891. The van der Waals surface area contributed by atoms with Crippen molar-refractivity contribution in [3.63, 3.8) is 0 Å². The minimum atomic E-state index is -0.198. The molecule has 2 aliphatic rings. The van der Waals surface area contributed by atoms with Crippen molar-refractivity contribution >= 4 is 5.69 Å². The first kappa shape index (κ1) is 12.9. The monoisotopic (exact) mass is 263 g/mol. The summed E-state index contributed by atoms with van der Waals surface area (Å²) in [5.41, 5.74) is 6.83. The summed E-state index contributed by atoms with van der Waals surface area (Å²) in [6.45, 7) is 2.88. The van der Waals surface area contributed by atoms with Crippen LogP contribution in [0.5, 0.6) is 0 Å². The van der Waals surface area contributed by atoms with Crippen molar-refractivity contribution in [2.75, 3.05) is 25.0 Å². The molecule has 2 atom stereocenters. The van der Waals surface area contributed by atoms with Crippen molar-refractivity contribution in [1.82, 2.24) is 4.90 Å². The van der Waals surface area contributed by atoms with Crippen LogP contribution in [0.15, 0.2) is 24.3 Å². The lowest BCUT2D eigenvalue weighted by Gasteiger charge is -2.41. The summed E-state index contributed by atoms with van der Waals surface area (Å²) in [4.78, 5) is 2.54. The molecule has 0 aromatic heterocycles. The second-order valence-corrected chi connectivity index (χ2v) is 5.79. The molecule has 0 amide bonds. The maximum atomic E-state index is 13.3. The van der Waals surface area contributed by atoms with Gasteiger partial charge in [-0.1, -0.05) is 12.5 Å². The van der Waals surface area contributed by atoms with Crippen molar-refractivity contribution in [3.05, 3.63) is 30.1 Å². The highest BCUT2D eigenvalue weighted by atomic mass is 19.1. The number of piperidine rings is 1. The lowest BCUT2D eigenvalue weighted by atomic mass is 9.85. The molecule has 3 nitrogen and oxygen atoms in total. The number of nitrogens with one attached hydrogen (secondary N) is 1. The highest BCUT2D eigenvalue weighted by molar-refractivity contribution is 5.47. The number of nitrogens with two attached hydrogens (primary N) is 1. The molecule has 2 unspecified atom stereocenters. The molecule has 3 N–H and O–H groups in total. The molecular weight excluding hydrogens is 241 g/mol. The second-order valence-electron chi connectivity index (χ2n) is 5.79. The Balaban J connectivity index is 1.83. The molecule has 1 aromatic carbocycles. The van der Waals surface area contributed by atoms with Gasteiger partial charge in [-0.25, -0.2) is 4.39 Å². The molecule has 1 aromatic rings. The summed E-state index contributed by atoms with van der Waals surface area (Å²) in [7, 11) is 0. The Morgan fingerprint density at radius 1 is 1.37 bits per heavy atom. The smallest absolute Gasteiger partial charge is 0.125 e. The van der Waals surface area contributed by atoms with Gasteiger partial charge in [-0.3, -0.25) is 4.90 Å². The van der Waals surface area contributed by atoms with Gasteiger partial charge in [0.1, 0.15) is 5.82 Å². The van der Waals surface area contributed by atoms with Crippen LogP contribution >= 0.6 is 0 Å². The molecule has 19 heavy (non-hydrogen) atoms. The maximum absolute atomic E-state index is 13.3. The van der Waals surface area contributed by atoms with Crippen LogP contribution in [0.25, 0.3) is 0 Å². The van der Waals surface area contributed by atoms with Gasteiger partial charge >= 0.3 is 0 Å². The molecule has 2 saturated heterocycles. The minimum Gasteiger partial charge on any atom is -0.377 e. The van der Waals surface area contributed by atoms with Gasteiger partial charge in [-0.05, 0) is 44.0 Å². The highest BCUT2D eigenvalue weighted by Gasteiger charge is 2.46. The van der Waals surface area contributed by atoms with Gasteiger partial charge in [0, 0.05) is 24.8 Å². The molecule has 104 valence electrons. The van der Waals surface area contributed by atoms with E-state index in [9.17, 15) is 4.39 Å². The molecule has 0 saturated carbocycles. The third-order valence-electron chi connectivity index (χ3n) is 4.68. The number of fused-ring (bicyclic) bond motifs is 1. The van der Waals surface area contributed by atoms with Crippen LogP contribution in [-0.2, 0) is 0 Å². The van der Waals surface area contributed by atoms with E-state index in [1.165, 1.54) is 31.9 Å². The van der Waals surface area contributed by atoms with Crippen molar-refractivity contribution in [2.45, 2.75) is 37.3 Å². The molecule has 0 radical (unpaired) electrons. The summed E-state index contributed by atoms with van der Waals surface area (Å²) in [5, 5.41) is 3.54. The molecule has 4 heteroatoms. The van der Waals surface area contributed by atoms with E-state index in [0.717, 1.165) is 18.7 Å². The Morgan fingerprint density at radius 3 is 3.05 bits per heavy atom. The zero-order valence-corrected chi connectivity index (χ0v) is 11.2. The van der Waals surface area contributed by atoms with E-state index in [1.807, 2.05) is 6.07 Å². The quantitative estimate of drug-likeness (QED) is 0.878. The van der Waals surface area contributed by atoms with Gasteiger partial charge in [-0.15, -0.1) is 0 Å². The van der Waals surface area contributed by atoms with Crippen LogP contribution < -0.4 is 11.1 Å². The Morgan fingerprint density at radius 2 is 2.26 bits per heavy atom. The number of benzene rings is 1. The lowest BCUT2D eigenvalue weighted by Crippen LogP contribution is -2.56. The second kappa shape index (κ2) is 5.10. The topological polar surface area (TPSA) is 41.3 Å². The van der Waals surface area contributed by atoms with Crippen molar-refractivity contribution in [3.8, 4) is 0 Å². The van der Waals surface area contributed by atoms with Crippen molar-refractivity contribution in [2.24, 2.45) is 5.73 Å². The van der Waals surface area contributed by atoms with Gasteiger partial charge in [0.05, 0.1) is 5.54 Å². The molecule has 3 rings (SSSR count). The molecule has 2 aliphatic heterocycles. The number of nitrogens with zero attached hydrogens (tertiary/aromatic N) is 1. The van der Waals surface area contributed by atoms with Crippen LogP contribution in [0.4, 0.5) is 10.1 Å². The van der Waals surface area contributed by atoms with Crippen LogP contribution in [0, 0.1) is 5.82 Å². The Labute approximate surface area is 114 Å². The van der Waals surface area contributed by atoms with Crippen LogP contribution in [-0.4, -0.2) is 36.1 Å². The van der Waals surface area contributed by atoms with E-state index in [4.69, 9.17) is 5.73 Å². The number of halogens is 1. The van der Waals surface area contributed by atoms with E-state index in [0.29, 0.717) is 12.6 Å². The van der Waals surface area contributed by atoms with Crippen molar-refractivity contribution in [1.29, 1.82) is 0 Å². The third-order valence-corrected chi connectivity index (χ3v) is 4.68. The Hall–Kier alpha value is -1.13. The first-order valence-corrected chi connectivity index (χ1v) is 7.21. The average Bonchev–Trinajstić information content (AvgIpc) is 2.79. The Kier molecular flexibility index (Phi) is 3.46. The van der Waals surface area contributed by atoms with Gasteiger partial charge in [0.2, 0.25) is 0 Å². The van der Waals surface area contributed by atoms with Gasteiger partial charge in [0.15, 0.2) is 0 Å². The van der Waals surface area contributed by atoms with Gasteiger partial charge in [0.25, 0.3) is 0 Å².